The number of halogens is 7. The molecule has 1 atom stereocenters. The second-order valence-corrected chi connectivity index (χ2v) is 2.37. The summed E-state index contributed by atoms with van der Waals surface area (Å²) < 4.78 is 82.1. The van der Waals surface area contributed by atoms with Crippen molar-refractivity contribution >= 4 is 0 Å². The van der Waals surface area contributed by atoms with Crippen molar-refractivity contribution in [2.75, 3.05) is 0 Å². The second kappa shape index (κ2) is 3.00. The molecule has 0 aromatic rings. The van der Waals surface area contributed by atoms with Crippen LogP contribution in [-0.4, -0.2) is 29.2 Å². The van der Waals surface area contributed by atoms with E-state index in [1.807, 2.05) is 0 Å². The lowest BCUT2D eigenvalue weighted by Gasteiger charge is -2.29. The Bertz CT molecular complexity index is 182. The van der Waals surface area contributed by atoms with Gasteiger partial charge in [0.05, 0.1) is 0 Å². The van der Waals surface area contributed by atoms with Crippen LogP contribution in [-0.2, 0) is 0 Å². The summed E-state index contributed by atoms with van der Waals surface area (Å²) in [6, 6.07) is 0. The smallest absolute Gasteiger partial charge is 0.387 e. The molecule has 0 aromatic carbocycles. The van der Waals surface area contributed by atoms with E-state index in [0.717, 1.165) is 0 Å². The molecule has 0 spiro atoms. The van der Waals surface area contributed by atoms with E-state index in [9.17, 15) is 30.7 Å². The Balaban J connectivity index is 5.04. The average molecular weight is 214 g/mol. The first-order chi connectivity index (χ1) is 5.44. The second-order valence-electron chi connectivity index (χ2n) is 2.37. The highest BCUT2D eigenvalue weighted by atomic mass is 19.4. The lowest BCUT2D eigenvalue weighted by atomic mass is 10.1. The normalized spacial score (nSPS) is 17.3. The summed E-state index contributed by atoms with van der Waals surface area (Å²) in [5, 5.41) is 8.05. The number of aliphatic hydroxyl groups is 1. The third kappa shape index (κ3) is 1.87. The van der Waals surface area contributed by atoms with Crippen LogP contribution in [0.1, 0.15) is 6.92 Å². The van der Waals surface area contributed by atoms with Gasteiger partial charge in [-0.05, 0) is 6.92 Å². The molecule has 0 saturated carbocycles. The standard InChI is InChI=1S/C5H5F7O/c1-2(13)3(6,7)4(8,9)5(10,11)12/h2,13H,1H3. The Labute approximate surface area is 68.2 Å². The Morgan fingerprint density at radius 1 is 0.923 bits per heavy atom. The Hall–Kier alpha value is -0.530. The predicted octanol–water partition coefficient (Wildman–Crippen LogP) is 2.20. The van der Waals surface area contributed by atoms with E-state index < -0.39 is 24.1 Å². The Morgan fingerprint density at radius 3 is 1.31 bits per heavy atom. The monoisotopic (exact) mass is 214 g/mol. The van der Waals surface area contributed by atoms with Crippen LogP contribution >= 0.6 is 0 Å². The molecule has 1 nitrogen and oxygen atoms in total. The Morgan fingerprint density at radius 2 is 1.23 bits per heavy atom. The largest absolute Gasteiger partial charge is 0.459 e. The van der Waals surface area contributed by atoms with Crippen molar-refractivity contribution in [2.45, 2.75) is 31.0 Å². The molecule has 0 heterocycles. The highest BCUT2D eigenvalue weighted by Gasteiger charge is 2.74. The van der Waals surface area contributed by atoms with Crippen molar-refractivity contribution in [1.29, 1.82) is 0 Å². The molecule has 0 amide bonds. The minimum atomic E-state index is -6.38. The minimum Gasteiger partial charge on any atom is -0.387 e. The van der Waals surface area contributed by atoms with Gasteiger partial charge in [-0.3, -0.25) is 0 Å². The van der Waals surface area contributed by atoms with Crippen molar-refractivity contribution in [2.24, 2.45) is 0 Å². The molecule has 0 radical (unpaired) electrons. The molecule has 13 heavy (non-hydrogen) atoms. The molecular formula is C5H5F7O. The van der Waals surface area contributed by atoms with Crippen LogP contribution in [0, 0.1) is 0 Å². The summed E-state index contributed by atoms with van der Waals surface area (Å²) in [7, 11) is 0. The van der Waals surface area contributed by atoms with E-state index in [1.54, 1.807) is 0 Å². The lowest BCUT2D eigenvalue weighted by molar-refractivity contribution is -0.369. The van der Waals surface area contributed by atoms with Crippen LogP contribution < -0.4 is 0 Å². The van der Waals surface area contributed by atoms with E-state index in [-0.39, 0.29) is 6.92 Å². The molecule has 0 bridgehead atoms. The van der Waals surface area contributed by atoms with Crippen molar-refractivity contribution in [3.05, 3.63) is 0 Å². The van der Waals surface area contributed by atoms with Gasteiger partial charge < -0.3 is 5.11 Å². The van der Waals surface area contributed by atoms with Gasteiger partial charge in [0.25, 0.3) is 0 Å². The van der Waals surface area contributed by atoms with Crippen LogP contribution in [0.5, 0.6) is 0 Å². The number of hydrogen-bond donors (Lipinski definition) is 1. The molecule has 0 aromatic heterocycles. The van der Waals surface area contributed by atoms with Gasteiger partial charge in [0, 0.05) is 0 Å². The highest BCUT2D eigenvalue weighted by molar-refractivity contribution is 4.94. The fourth-order valence-corrected chi connectivity index (χ4v) is 0.451. The van der Waals surface area contributed by atoms with Crippen LogP contribution in [0.15, 0.2) is 0 Å². The van der Waals surface area contributed by atoms with Crippen LogP contribution in [0.2, 0.25) is 0 Å². The SMILES string of the molecule is CC(O)C(F)(F)C(F)(F)C(F)(F)F. The van der Waals surface area contributed by atoms with Gasteiger partial charge >= 0.3 is 18.0 Å². The summed E-state index contributed by atoms with van der Waals surface area (Å²) >= 11 is 0. The molecule has 0 aliphatic heterocycles. The maximum atomic E-state index is 12.1. The van der Waals surface area contributed by atoms with Gasteiger partial charge in [-0.1, -0.05) is 0 Å². The van der Waals surface area contributed by atoms with E-state index in [1.165, 1.54) is 0 Å². The van der Waals surface area contributed by atoms with E-state index in [2.05, 4.69) is 0 Å². The molecule has 0 fully saturated rings. The van der Waals surface area contributed by atoms with Gasteiger partial charge in [-0.2, -0.15) is 30.7 Å². The lowest BCUT2D eigenvalue weighted by Crippen LogP contribution is -2.56. The van der Waals surface area contributed by atoms with E-state index >= 15 is 0 Å². The van der Waals surface area contributed by atoms with E-state index in [4.69, 9.17) is 5.11 Å². The summed E-state index contributed by atoms with van der Waals surface area (Å²) in [6.45, 7) is 0.152. The third-order valence-corrected chi connectivity index (χ3v) is 1.30. The average Bonchev–Trinajstić information content (AvgIpc) is 1.84. The number of aliphatic hydroxyl groups excluding tert-OH is 1. The van der Waals surface area contributed by atoms with Crippen LogP contribution in [0.4, 0.5) is 30.7 Å². The van der Waals surface area contributed by atoms with Crippen molar-refractivity contribution in [1.82, 2.24) is 0 Å². The molecule has 0 rings (SSSR count). The molecule has 1 unspecified atom stereocenters. The van der Waals surface area contributed by atoms with Gasteiger partial charge in [0.2, 0.25) is 0 Å². The number of rotatable bonds is 2. The molecule has 0 aliphatic rings. The zero-order valence-electron chi connectivity index (χ0n) is 6.17. The highest BCUT2D eigenvalue weighted by Crippen LogP contribution is 2.47. The van der Waals surface area contributed by atoms with E-state index in [0.29, 0.717) is 0 Å². The van der Waals surface area contributed by atoms with Gasteiger partial charge in [-0.25, -0.2) is 0 Å². The van der Waals surface area contributed by atoms with Crippen molar-refractivity contribution < 1.29 is 35.8 Å². The van der Waals surface area contributed by atoms with Crippen molar-refractivity contribution in [3.8, 4) is 0 Å². The maximum absolute atomic E-state index is 12.1. The quantitative estimate of drug-likeness (QED) is 0.698. The summed E-state index contributed by atoms with van der Waals surface area (Å²) in [5.41, 5.74) is 0. The molecule has 0 aliphatic carbocycles. The molecule has 80 valence electrons. The first-order valence-corrected chi connectivity index (χ1v) is 2.95. The Kier molecular flexibility index (Phi) is 2.88. The molecule has 1 N–H and O–H groups in total. The molecule has 8 heteroatoms. The fourth-order valence-electron chi connectivity index (χ4n) is 0.451. The first kappa shape index (κ1) is 12.5. The van der Waals surface area contributed by atoms with Gasteiger partial charge in [0.1, 0.15) is 6.10 Å². The van der Waals surface area contributed by atoms with Crippen LogP contribution in [0.3, 0.4) is 0 Å². The van der Waals surface area contributed by atoms with Crippen molar-refractivity contribution in [3.63, 3.8) is 0 Å². The third-order valence-electron chi connectivity index (χ3n) is 1.30. The fraction of sp³-hybridized carbons (Fsp3) is 1.00. The zero-order valence-corrected chi connectivity index (χ0v) is 6.17. The molecular weight excluding hydrogens is 209 g/mol. The molecule has 0 saturated heterocycles. The number of hydrogen-bond acceptors (Lipinski definition) is 1. The van der Waals surface area contributed by atoms with Crippen LogP contribution in [0.25, 0.3) is 0 Å². The van der Waals surface area contributed by atoms with Gasteiger partial charge in [0.15, 0.2) is 0 Å². The zero-order chi connectivity index (χ0) is 11.1. The predicted molar refractivity (Wildman–Crippen MR) is 27.6 cm³/mol. The first-order valence-electron chi connectivity index (χ1n) is 2.95. The number of alkyl halides is 7. The summed E-state index contributed by atoms with van der Waals surface area (Å²) in [5.74, 6) is -11.8. The summed E-state index contributed by atoms with van der Waals surface area (Å²) in [4.78, 5) is 0. The maximum Gasteiger partial charge on any atom is 0.459 e. The summed E-state index contributed by atoms with van der Waals surface area (Å²) in [6.07, 6.45) is -9.46. The van der Waals surface area contributed by atoms with Gasteiger partial charge in [-0.15, -0.1) is 0 Å². The minimum absolute atomic E-state index is 0.152. The topological polar surface area (TPSA) is 20.2 Å².